The number of fused-ring (bicyclic) bond motifs is 1. The zero-order valence-corrected chi connectivity index (χ0v) is 11.7. The van der Waals surface area contributed by atoms with Crippen LogP contribution in [-0.2, 0) is 4.74 Å². The summed E-state index contributed by atoms with van der Waals surface area (Å²) in [6.07, 6.45) is 5.04. The minimum Gasteiger partial charge on any atom is -0.381 e. The van der Waals surface area contributed by atoms with Crippen LogP contribution in [0.25, 0.3) is 5.65 Å². The molecule has 0 spiro atoms. The fourth-order valence-corrected chi connectivity index (χ4v) is 2.82. The second-order valence-corrected chi connectivity index (χ2v) is 5.33. The standard InChI is InChI=1S/C15H19N3O2/c1-17(9-12-5-4-8-20-11-12)15-13(10-19)18-7-3-2-6-14(18)16-15/h2-3,6-7,10,12H,4-5,8-9,11H2,1H3. The van der Waals surface area contributed by atoms with Gasteiger partial charge in [-0.05, 0) is 30.9 Å². The Morgan fingerprint density at radius 3 is 3.20 bits per heavy atom. The lowest BCUT2D eigenvalue weighted by atomic mass is 10.0. The lowest BCUT2D eigenvalue weighted by Gasteiger charge is -2.27. The summed E-state index contributed by atoms with van der Waals surface area (Å²) in [5.41, 5.74) is 1.41. The van der Waals surface area contributed by atoms with E-state index in [2.05, 4.69) is 9.88 Å². The summed E-state index contributed by atoms with van der Waals surface area (Å²) >= 11 is 0. The lowest BCUT2D eigenvalue weighted by molar-refractivity contribution is 0.0576. The van der Waals surface area contributed by atoms with Crippen LogP contribution in [0.15, 0.2) is 24.4 Å². The van der Waals surface area contributed by atoms with Crippen LogP contribution >= 0.6 is 0 Å². The quantitative estimate of drug-likeness (QED) is 0.799. The van der Waals surface area contributed by atoms with Gasteiger partial charge in [-0.2, -0.15) is 0 Å². The molecule has 5 heteroatoms. The topological polar surface area (TPSA) is 46.8 Å². The van der Waals surface area contributed by atoms with E-state index >= 15 is 0 Å². The molecule has 3 rings (SSSR count). The number of imidazole rings is 1. The number of nitrogens with zero attached hydrogens (tertiary/aromatic N) is 3. The van der Waals surface area contributed by atoms with Gasteiger partial charge in [0.2, 0.25) is 0 Å². The maximum Gasteiger partial charge on any atom is 0.170 e. The van der Waals surface area contributed by atoms with E-state index in [1.807, 2.05) is 35.8 Å². The molecule has 0 saturated carbocycles. The summed E-state index contributed by atoms with van der Waals surface area (Å²) in [4.78, 5) is 18.0. The number of aldehydes is 1. The number of carbonyl (C=O) groups excluding carboxylic acids is 1. The first-order valence-electron chi connectivity index (χ1n) is 7.00. The Labute approximate surface area is 118 Å². The molecule has 0 amide bonds. The van der Waals surface area contributed by atoms with Gasteiger partial charge in [0, 0.05) is 26.4 Å². The Bertz CT molecular complexity index is 602. The van der Waals surface area contributed by atoms with Gasteiger partial charge in [0.25, 0.3) is 0 Å². The van der Waals surface area contributed by atoms with Gasteiger partial charge in [-0.25, -0.2) is 4.98 Å². The highest BCUT2D eigenvalue weighted by Crippen LogP contribution is 2.22. The van der Waals surface area contributed by atoms with Crippen molar-refractivity contribution in [2.75, 3.05) is 31.7 Å². The number of aromatic nitrogens is 2. The van der Waals surface area contributed by atoms with Gasteiger partial charge in [-0.1, -0.05) is 6.07 Å². The molecule has 1 unspecified atom stereocenters. The smallest absolute Gasteiger partial charge is 0.170 e. The van der Waals surface area contributed by atoms with E-state index in [9.17, 15) is 4.79 Å². The summed E-state index contributed by atoms with van der Waals surface area (Å²) < 4.78 is 7.34. The molecule has 2 aromatic rings. The predicted octanol–water partition coefficient (Wildman–Crippen LogP) is 2.01. The average molecular weight is 273 g/mol. The first kappa shape index (κ1) is 13.1. The number of rotatable bonds is 4. The van der Waals surface area contributed by atoms with Crippen molar-refractivity contribution in [3.8, 4) is 0 Å². The second kappa shape index (κ2) is 5.63. The van der Waals surface area contributed by atoms with Crippen molar-refractivity contribution in [2.45, 2.75) is 12.8 Å². The molecular formula is C15H19N3O2. The third kappa shape index (κ3) is 2.41. The lowest BCUT2D eigenvalue weighted by Crippen LogP contribution is -2.31. The Morgan fingerprint density at radius 1 is 1.55 bits per heavy atom. The molecule has 1 aliphatic rings. The molecule has 0 radical (unpaired) electrons. The SMILES string of the molecule is CN(CC1CCCOC1)c1nc2ccccn2c1C=O. The van der Waals surface area contributed by atoms with E-state index in [0.717, 1.165) is 43.9 Å². The fraction of sp³-hybridized carbons (Fsp3) is 0.467. The monoisotopic (exact) mass is 273 g/mol. The highest BCUT2D eigenvalue weighted by Gasteiger charge is 2.20. The van der Waals surface area contributed by atoms with E-state index in [0.29, 0.717) is 11.6 Å². The molecule has 1 saturated heterocycles. The average Bonchev–Trinajstić information content (AvgIpc) is 2.87. The number of hydrogen-bond acceptors (Lipinski definition) is 4. The van der Waals surface area contributed by atoms with Gasteiger partial charge in [0.05, 0.1) is 6.61 Å². The van der Waals surface area contributed by atoms with E-state index in [1.54, 1.807) is 0 Å². The van der Waals surface area contributed by atoms with E-state index in [-0.39, 0.29) is 0 Å². The van der Waals surface area contributed by atoms with Crippen molar-refractivity contribution >= 4 is 17.8 Å². The first-order chi connectivity index (χ1) is 9.79. The fourth-order valence-electron chi connectivity index (χ4n) is 2.82. The van der Waals surface area contributed by atoms with Crippen LogP contribution in [0.4, 0.5) is 5.82 Å². The Balaban J connectivity index is 1.86. The predicted molar refractivity (Wildman–Crippen MR) is 77.4 cm³/mol. The number of hydrogen-bond donors (Lipinski definition) is 0. The summed E-state index contributed by atoms with van der Waals surface area (Å²) in [7, 11) is 1.99. The molecule has 1 fully saturated rings. The van der Waals surface area contributed by atoms with Crippen molar-refractivity contribution in [1.29, 1.82) is 0 Å². The van der Waals surface area contributed by atoms with E-state index in [1.165, 1.54) is 6.42 Å². The minimum absolute atomic E-state index is 0.512. The highest BCUT2D eigenvalue weighted by molar-refractivity contribution is 5.83. The molecule has 3 heterocycles. The largest absolute Gasteiger partial charge is 0.381 e. The zero-order valence-electron chi connectivity index (χ0n) is 11.7. The van der Waals surface area contributed by atoms with Gasteiger partial charge in [-0.15, -0.1) is 0 Å². The van der Waals surface area contributed by atoms with Gasteiger partial charge in [-0.3, -0.25) is 9.20 Å². The van der Waals surface area contributed by atoms with Crippen LogP contribution in [0.3, 0.4) is 0 Å². The molecule has 20 heavy (non-hydrogen) atoms. The van der Waals surface area contributed by atoms with E-state index in [4.69, 9.17) is 4.74 Å². The summed E-state index contributed by atoms with van der Waals surface area (Å²) in [6.45, 7) is 2.53. The maximum atomic E-state index is 11.4. The second-order valence-electron chi connectivity index (χ2n) is 5.33. The van der Waals surface area contributed by atoms with Gasteiger partial charge in [0.1, 0.15) is 11.3 Å². The summed E-state index contributed by atoms with van der Waals surface area (Å²) in [5, 5.41) is 0. The van der Waals surface area contributed by atoms with Crippen LogP contribution in [0.2, 0.25) is 0 Å². The number of carbonyl (C=O) groups is 1. The molecule has 5 nitrogen and oxygen atoms in total. The third-order valence-corrected chi connectivity index (χ3v) is 3.81. The van der Waals surface area contributed by atoms with Crippen LogP contribution in [0.5, 0.6) is 0 Å². The molecule has 1 aliphatic heterocycles. The molecule has 2 aromatic heterocycles. The Morgan fingerprint density at radius 2 is 2.45 bits per heavy atom. The van der Waals surface area contributed by atoms with Crippen molar-refractivity contribution < 1.29 is 9.53 Å². The third-order valence-electron chi connectivity index (χ3n) is 3.81. The molecule has 0 bridgehead atoms. The normalized spacial score (nSPS) is 19.1. The van der Waals surface area contributed by atoms with Gasteiger partial charge < -0.3 is 9.64 Å². The van der Waals surface area contributed by atoms with Gasteiger partial charge in [0.15, 0.2) is 12.1 Å². The molecule has 1 atom stereocenters. The van der Waals surface area contributed by atoms with Crippen LogP contribution in [0, 0.1) is 5.92 Å². The Kier molecular flexibility index (Phi) is 3.69. The van der Waals surface area contributed by atoms with Crippen molar-refractivity contribution in [2.24, 2.45) is 5.92 Å². The van der Waals surface area contributed by atoms with Crippen LogP contribution in [0.1, 0.15) is 23.3 Å². The first-order valence-corrected chi connectivity index (χ1v) is 7.00. The molecular weight excluding hydrogens is 254 g/mol. The molecule has 0 aliphatic carbocycles. The van der Waals surface area contributed by atoms with Crippen molar-refractivity contribution in [3.05, 3.63) is 30.1 Å². The maximum absolute atomic E-state index is 11.4. The van der Waals surface area contributed by atoms with Crippen molar-refractivity contribution in [1.82, 2.24) is 9.38 Å². The molecule has 0 aromatic carbocycles. The van der Waals surface area contributed by atoms with Crippen molar-refractivity contribution in [3.63, 3.8) is 0 Å². The van der Waals surface area contributed by atoms with Crippen LogP contribution < -0.4 is 4.90 Å². The summed E-state index contributed by atoms with van der Waals surface area (Å²) in [5.74, 6) is 1.26. The number of pyridine rings is 1. The highest BCUT2D eigenvalue weighted by atomic mass is 16.5. The molecule has 106 valence electrons. The Hall–Kier alpha value is -1.88. The molecule has 0 N–H and O–H groups in total. The minimum atomic E-state index is 0.512. The van der Waals surface area contributed by atoms with E-state index < -0.39 is 0 Å². The summed E-state index contributed by atoms with van der Waals surface area (Å²) in [6, 6.07) is 5.74. The zero-order chi connectivity index (χ0) is 13.9. The van der Waals surface area contributed by atoms with Gasteiger partial charge >= 0.3 is 0 Å². The van der Waals surface area contributed by atoms with Crippen LogP contribution in [-0.4, -0.2) is 42.5 Å². The number of ether oxygens (including phenoxy) is 1. The number of anilines is 1.